The molecule has 0 N–H and O–H groups in total. The highest BCUT2D eigenvalue weighted by atomic mass is 15.2. The van der Waals surface area contributed by atoms with Crippen molar-refractivity contribution < 1.29 is 0 Å². The number of para-hydroxylation sites is 1. The molecule has 0 bridgehead atoms. The van der Waals surface area contributed by atoms with Gasteiger partial charge in [0.2, 0.25) is 0 Å². The third-order valence-corrected chi connectivity index (χ3v) is 15.6. The Morgan fingerprint density at radius 2 is 1.45 bits per heavy atom. The molecular formula is C60H56N4. The molecule has 0 radical (unpaired) electrons. The van der Waals surface area contributed by atoms with Crippen LogP contribution in [0.4, 0.5) is 17.1 Å². The van der Waals surface area contributed by atoms with Crippen LogP contribution < -0.4 is 20.4 Å². The molecule has 0 fully saturated rings. The summed E-state index contributed by atoms with van der Waals surface area (Å²) in [6, 6.07) is 26.3. The maximum Gasteiger partial charge on any atom is 0.0638 e. The molecule has 5 aliphatic carbocycles. The molecule has 1 aliphatic heterocycles. The Bertz CT molecular complexity index is 3550. The van der Waals surface area contributed by atoms with E-state index in [9.17, 15) is 0 Å². The average molecular weight is 833 g/mol. The van der Waals surface area contributed by atoms with E-state index in [1.54, 1.807) is 0 Å². The van der Waals surface area contributed by atoms with Crippen molar-refractivity contribution in [2.75, 3.05) is 9.80 Å². The van der Waals surface area contributed by atoms with Crippen LogP contribution in [-0.4, -0.2) is 15.0 Å². The Labute approximate surface area is 376 Å². The summed E-state index contributed by atoms with van der Waals surface area (Å²) >= 11 is 0. The molecule has 4 unspecified atom stereocenters. The van der Waals surface area contributed by atoms with Crippen molar-refractivity contribution in [1.29, 1.82) is 0 Å². The highest BCUT2D eigenvalue weighted by Crippen LogP contribution is 2.53. The molecule has 0 spiro atoms. The van der Waals surface area contributed by atoms with Crippen molar-refractivity contribution in [3.8, 4) is 0 Å². The van der Waals surface area contributed by atoms with Gasteiger partial charge in [0.1, 0.15) is 0 Å². The maximum absolute atomic E-state index is 2.69. The summed E-state index contributed by atoms with van der Waals surface area (Å²) in [5, 5.41) is 8.24. The van der Waals surface area contributed by atoms with Crippen LogP contribution in [0.1, 0.15) is 93.7 Å². The van der Waals surface area contributed by atoms with E-state index < -0.39 is 0 Å². The topological polar surface area (TPSA) is 15.8 Å². The van der Waals surface area contributed by atoms with Crippen molar-refractivity contribution >= 4 is 79.1 Å². The Balaban J connectivity index is 1.04. The van der Waals surface area contributed by atoms with E-state index in [1.807, 2.05) is 0 Å². The van der Waals surface area contributed by atoms with Crippen molar-refractivity contribution in [2.45, 2.75) is 92.0 Å². The monoisotopic (exact) mass is 832 g/mol. The zero-order valence-corrected chi connectivity index (χ0v) is 38.0. The lowest BCUT2D eigenvalue weighted by atomic mass is 9.85. The average Bonchev–Trinajstić information content (AvgIpc) is 4.03. The van der Waals surface area contributed by atoms with Crippen LogP contribution in [-0.2, 0) is 6.42 Å². The van der Waals surface area contributed by atoms with Crippen molar-refractivity contribution in [2.24, 2.45) is 11.8 Å². The number of hydrogen-bond donors (Lipinski definition) is 0. The van der Waals surface area contributed by atoms with E-state index in [-0.39, 0.29) is 12.0 Å². The van der Waals surface area contributed by atoms with Gasteiger partial charge in [0.15, 0.2) is 0 Å². The van der Waals surface area contributed by atoms with Gasteiger partial charge in [-0.05, 0) is 131 Å². The lowest BCUT2D eigenvalue weighted by Crippen LogP contribution is -2.37. The van der Waals surface area contributed by atoms with Crippen LogP contribution in [0, 0.1) is 25.7 Å². The normalized spacial score (nSPS) is 22.1. The summed E-state index contributed by atoms with van der Waals surface area (Å²) in [5.41, 5.74) is 21.7. The largest absolute Gasteiger partial charge is 0.334 e. The molecule has 3 aromatic heterocycles. The lowest BCUT2D eigenvalue weighted by molar-refractivity contribution is 0.678. The summed E-state index contributed by atoms with van der Waals surface area (Å²) in [6.07, 6.45) is 33.1. The first-order chi connectivity index (χ1) is 31.2. The minimum absolute atomic E-state index is 0.256. The van der Waals surface area contributed by atoms with Gasteiger partial charge >= 0.3 is 0 Å². The van der Waals surface area contributed by atoms with E-state index in [4.69, 9.17) is 0 Å². The van der Waals surface area contributed by atoms with Crippen molar-refractivity contribution in [3.63, 3.8) is 0 Å². The number of hydrogen-bond acceptors (Lipinski definition) is 2. The summed E-state index contributed by atoms with van der Waals surface area (Å²) in [4.78, 5) is 5.27. The second-order valence-corrected chi connectivity index (χ2v) is 20.0. The first kappa shape index (κ1) is 38.0. The highest BCUT2D eigenvalue weighted by Gasteiger charge is 2.39. The van der Waals surface area contributed by atoms with E-state index >= 15 is 0 Å². The third-order valence-electron chi connectivity index (χ3n) is 15.6. The van der Waals surface area contributed by atoms with E-state index in [0.29, 0.717) is 11.8 Å². The van der Waals surface area contributed by atoms with E-state index in [0.717, 1.165) is 38.5 Å². The van der Waals surface area contributed by atoms with Gasteiger partial charge in [0.05, 0.1) is 34.0 Å². The Morgan fingerprint density at radius 1 is 0.672 bits per heavy atom. The molecule has 4 heterocycles. The number of fused-ring (bicyclic) bond motifs is 12. The Kier molecular flexibility index (Phi) is 8.30. The standard InChI is InChI=1S/C60H56N4/c1-35-17-23-41(24-18-35)61(53-31-37(3)15-21-39(53)5)51-29-27-43-47-33-56-48(34-55(47)63-49-13-9-7-11-45(49)57(51)59(43)63)44-28-30-52(58-46-12-8-10-14-50(46)64(56)60(44)58)62(42-25-19-36(2)20-26-42)54-32-38(4)16-22-40(54)6/h7,9,11-17,19,21-30,32-33,35-36,48,53H,8,10,18,20,31,34H2,1-6H3. The number of anilines is 3. The Hall–Kier alpha value is -6.52. The van der Waals surface area contributed by atoms with E-state index in [2.05, 4.69) is 194 Å². The molecule has 13 rings (SSSR count). The second-order valence-electron chi connectivity index (χ2n) is 20.0. The molecule has 64 heavy (non-hydrogen) atoms. The van der Waals surface area contributed by atoms with Crippen LogP contribution in [0.25, 0.3) is 62.0 Å². The fraction of sp³-hybridized carbons (Fsp3) is 0.267. The predicted octanol–water partition coefficient (Wildman–Crippen LogP) is 13.8. The molecule has 6 aliphatic rings. The maximum atomic E-state index is 2.69. The molecule has 7 aromatic rings. The molecule has 0 saturated carbocycles. The predicted molar refractivity (Wildman–Crippen MR) is 272 cm³/mol. The van der Waals surface area contributed by atoms with Crippen LogP contribution in [0.2, 0.25) is 0 Å². The number of allylic oxidation sites excluding steroid dienone is 9. The van der Waals surface area contributed by atoms with Gasteiger partial charge < -0.3 is 18.8 Å². The van der Waals surface area contributed by atoms with Gasteiger partial charge in [-0.15, -0.1) is 0 Å². The first-order valence-corrected chi connectivity index (χ1v) is 23.9. The highest BCUT2D eigenvalue weighted by molar-refractivity contribution is 6.22. The van der Waals surface area contributed by atoms with Crippen molar-refractivity contribution in [1.82, 2.24) is 8.97 Å². The number of benzene rings is 4. The minimum Gasteiger partial charge on any atom is -0.334 e. The smallest absolute Gasteiger partial charge is 0.0638 e. The molecule has 4 heteroatoms. The van der Waals surface area contributed by atoms with Crippen LogP contribution in [0.3, 0.4) is 0 Å². The lowest BCUT2D eigenvalue weighted by Gasteiger charge is -2.38. The van der Waals surface area contributed by atoms with Gasteiger partial charge in [0.25, 0.3) is 0 Å². The van der Waals surface area contributed by atoms with Gasteiger partial charge in [-0.2, -0.15) is 0 Å². The van der Waals surface area contributed by atoms with Crippen molar-refractivity contribution in [3.05, 3.63) is 176 Å². The summed E-state index contributed by atoms with van der Waals surface area (Å²) < 4.78 is 5.37. The third kappa shape index (κ3) is 5.35. The molecule has 0 amide bonds. The fourth-order valence-electron chi connectivity index (χ4n) is 12.4. The second kappa shape index (κ2) is 14.0. The fourth-order valence-corrected chi connectivity index (χ4v) is 12.4. The summed E-state index contributed by atoms with van der Waals surface area (Å²) in [6.45, 7) is 13.8. The zero-order valence-electron chi connectivity index (χ0n) is 38.0. The molecular weight excluding hydrogens is 777 g/mol. The minimum atomic E-state index is 0.256. The molecule has 4 aromatic carbocycles. The zero-order chi connectivity index (χ0) is 43.1. The van der Waals surface area contributed by atoms with Crippen LogP contribution >= 0.6 is 0 Å². The first-order valence-electron chi connectivity index (χ1n) is 23.9. The van der Waals surface area contributed by atoms with Gasteiger partial charge in [-0.1, -0.05) is 116 Å². The van der Waals surface area contributed by atoms with Crippen LogP contribution in [0.15, 0.2) is 138 Å². The summed E-state index contributed by atoms with van der Waals surface area (Å²) in [7, 11) is 0. The quantitative estimate of drug-likeness (QED) is 0.166. The molecule has 0 saturated heterocycles. The SMILES string of the molecule is CC1=CC=C(C)C(N(C2=CCC(C)C=C2)c2ccc3c4c(n5c6ccccc6c2c35)CC2C(=C4)n3c4c(c5c(N(C6=CCC(C)C=C6)c6cc(C)ccc6C)ccc2c53)=CCCC=4)C1. The number of aryl methyl sites for hydroxylation is 2. The van der Waals surface area contributed by atoms with E-state index in [1.165, 1.54) is 122 Å². The van der Waals surface area contributed by atoms with Gasteiger partial charge in [-0.3, -0.25) is 0 Å². The number of rotatable bonds is 6. The van der Waals surface area contributed by atoms with Crippen LogP contribution in [0.5, 0.6) is 0 Å². The summed E-state index contributed by atoms with van der Waals surface area (Å²) in [5.74, 6) is 1.36. The van der Waals surface area contributed by atoms with Gasteiger partial charge in [-0.25, -0.2) is 0 Å². The number of aromatic nitrogens is 2. The Morgan fingerprint density at radius 3 is 2.27 bits per heavy atom. The molecule has 4 atom stereocenters. The number of nitrogens with zero attached hydrogens (tertiary/aromatic N) is 4. The molecule has 4 nitrogen and oxygen atoms in total. The molecule has 316 valence electrons. The van der Waals surface area contributed by atoms with Gasteiger partial charge in [0, 0.05) is 78.5 Å².